The first-order valence-corrected chi connectivity index (χ1v) is 3.61. The van der Waals surface area contributed by atoms with Crippen LogP contribution in [0, 0.1) is 0 Å². The lowest BCUT2D eigenvalue weighted by Gasteiger charge is -1.98. The normalized spacial score (nSPS) is 8.62. The van der Waals surface area contributed by atoms with Crippen LogP contribution in [-0.2, 0) is 0 Å². The fourth-order valence-electron chi connectivity index (χ4n) is 1.25. The van der Waals surface area contributed by atoms with Crippen LogP contribution in [-0.4, -0.2) is 0 Å². The van der Waals surface area contributed by atoms with Crippen molar-refractivity contribution in [1.29, 1.82) is 0 Å². The van der Waals surface area contributed by atoms with Crippen LogP contribution in [0.25, 0.3) is 10.8 Å². The predicted molar refractivity (Wildman–Crippen MR) is 62.9 cm³/mol. The van der Waals surface area contributed by atoms with Gasteiger partial charge in [0.2, 0.25) is 0 Å². The van der Waals surface area contributed by atoms with Crippen LogP contribution in [0.5, 0.6) is 0 Å². The van der Waals surface area contributed by atoms with Crippen molar-refractivity contribution in [3.05, 3.63) is 42.5 Å². The average Bonchev–Trinajstić information content (AvgIpc) is 2.06. The van der Waals surface area contributed by atoms with Gasteiger partial charge in [-0.05, 0) is 11.5 Å². The van der Waals surface area contributed by atoms with Crippen molar-refractivity contribution in [2.45, 2.75) is 0 Å². The van der Waals surface area contributed by atoms with Gasteiger partial charge in [-0.15, -0.1) is 24.8 Å². The number of hydrogen-bond acceptors (Lipinski definition) is 1. The van der Waals surface area contributed by atoms with Crippen LogP contribution in [0.3, 0.4) is 0 Å². The van der Waals surface area contributed by atoms with E-state index in [-0.39, 0.29) is 24.8 Å². The van der Waals surface area contributed by atoms with Gasteiger partial charge in [0, 0.05) is 11.1 Å². The largest absolute Gasteiger partial charge is 0.398 e. The quantitative estimate of drug-likeness (QED) is 0.672. The third kappa shape index (κ3) is 2.27. The Morgan fingerprint density at radius 3 is 2.08 bits per heavy atom. The van der Waals surface area contributed by atoms with Gasteiger partial charge < -0.3 is 5.73 Å². The molecule has 3 heteroatoms. The molecular formula is C10H11Cl2N. The number of halogens is 2. The minimum absolute atomic E-state index is 0. The second kappa shape index (κ2) is 4.95. The van der Waals surface area contributed by atoms with Gasteiger partial charge in [0.1, 0.15) is 0 Å². The van der Waals surface area contributed by atoms with Gasteiger partial charge in [-0.3, -0.25) is 0 Å². The Morgan fingerprint density at radius 2 is 1.38 bits per heavy atom. The van der Waals surface area contributed by atoms with Gasteiger partial charge in [-0.25, -0.2) is 0 Å². The molecule has 2 rings (SSSR count). The molecule has 0 bridgehead atoms. The molecule has 0 fully saturated rings. The van der Waals surface area contributed by atoms with Gasteiger partial charge in [-0.1, -0.05) is 36.4 Å². The maximum absolute atomic E-state index is 5.76. The molecule has 0 saturated carbocycles. The van der Waals surface area contributed by atoms with E-state index in [4.69, 9.17) is 5.73 Å². The molecule has 0 amide bonds. The summed E-state index contributed by atoms with van der Waals surface area (Å²) in [5.74, 6) is 0. The van der Waals surface area contributed by atoms with E-state index in [1.54, 1.807) is 0 Å². The molecule has 0 aliphatic carbocycles. The number of fused-ring (bicyclic) bond motifs is 1. The number of benzene rings is 2. The highest BCUT2D eigenvalue weighted by atomic mass is 35.5. The van der Waals surface area contributed by atoms with Gasteiger partial charge in [-0.2, -0.15) is 0 Å². The van der Waals surface area contributed by atoms with Crippen molar-refractivity contribution in [2.75, 3.05) is 5.73 Å². The summed E-state index contributed by atoms with van der Waals surface area (Å²) in [6, 6.07) is 14.1. The molecule has 0 radical (unpaired) electrons. The minimum Gasteiger partial charge on any atom is -0.398 e. The molecule has 2 aromatic rings. The summed E-state index contributed by atoms with van der Waals surface area (Å²) in [4.78, 5) is 0. The summed E-state index contributed by atoms with van der Waals surface area (Å²) in [7, 11) is 0. The zero-order chi connectivity index (χ0) is 7.68. The number of rotatable bonds is 0. The molecule has 0 heterocycles. The van der Waals surface area contributed by atoms with Gasteiger partial charge >= 0.3 is 0 Å². The molecule has 0 unspecified atom stereocenters. The van der Waals surface area contributed by atoms with Crippen molar-refractivity contribution in [3.8, 4) is 0 Å². The number of nitrogens with two attached hydrogens (primary N) is 1. The second-order valence-corrected chi connectivity index (χ2v) is 2.57. The Morgan fingerprint density at radius 1 is 0.769 bits per heavy atom. The van der Waals surface area contributed by atoms with Crippen LogP contribution in [0.4, 0.5) is 5.69 Å². The van der Waals surface area contributed by atoms with E-state index in [0.717, 1.165) is 11.1 Å². The Labute approximate surface area is 89.8 Å². The number of hydrogen-bond donors (Lipinski definition) is 1. The summed E-state index contributed by atoms with van der Waals surface area (Å²) in [5.41, 5.74) is 6.61. The average molecular weight is 216 g/mol. The van der Waals surface area contributed by atoms with E-state index in [9.17, 15) is 0 Å². The Balaban J connectivity index is 0.000000720. The van der Waals surface area contributed by atoms with E-state index in [0.29, 0.717) is 0 Å². The highest BCUT2D eigenvalue weighted by molar-refractivity contribution is 5.92. The van der Waals surface area contributed by atoms with E-state index in [1.807, 2.05) is 30.3 Å². The highest BCUT2D eigenvalue weighted by Gasteiger charge is 1.92. The topological polar surface area (TPSA) is 26.0 Å². The van der Waals surface area contributed by atoms with Crippen LogP contribution < -0.4 is 5.73 Å². The zero-order valence-electron chi connectivity index (χ0n) is 6.94. The van der Waals surface area contributed by atoms with Gasteiger partial charge in [0.25, 0.3) is 0 Å². The smallest absolute Gasteiger partial charge is 0.0393 e. The Hall–Kier alpha value is -0.920. The summed E-state index contributed by atoms with van der Waals surface area (Å²) in [6.45, 7) is 0. The molecule has 0 aliphatic rings. The van der Waals surface area contributed by atoms with Crippen LogP contribution in [0.15, 0.2) is 42.5 Å². The Kier molecular flexibility index (Phi) is 4.60. The molecule has 2 aromatic carbocycles. The van der Waals surface area contributed by atoms with Crippen LogP contribution >= 0.6 is 24.8 Å². The summed E-state index contributed by atoms with van der Waals surface area (Å²) >= 11 is 0. The SMILES string of the molecule is Cl.Cl.Nc1cccc2ccccc12. The Bertz CT molecular complexity index is 382. The predicted octanol–water partition coefficient (Wildman–Crippen LogP) is 3.27. The third-order valence-corrected chi connectivity index (χ3v) is 1.82. The second-order valence-electron chi connectivity index (χ2n) is 2.57. The van der Waals surface area contributed by atoms with Crippen molar-refractivity contribution in [1.82, 2.24) is 0 Å². The first-order valence-electron chi connectivity index (χ1n) is 3.61. The fourth-order valence-corrected chi connectivity index (χ4v) is 1.25. The monoisotopic (exact) mass is 215 g/mol. The van der Waals surface area contributed by atoms with Gasteiger partial charge in [0.15, 0.2) is 0 Å². The fraction of sp³-hybridized carbons (Fsp3) is 0. The summed E-state index contributed by atoms with van der Waals surface area (Å²) < 4.78 is 0. The van der Waals surface area contributed by atoms with Crippen molar-refractivity contribution < 1.29 is 0 Å². The van der Waals surface area contributed by atoms with Gasteiger partial charge in [0.05, 0.1) is 0 Å². The molecule has 13 heavy (non-hydrogen) atoms. The molecule has 2 N–H and O–H groups in total. The van der Waals surface area contributed by atoms with E-state index < -0.39 is 0 Å². The molecule has 1 nitrogen and oxygen atoms in total. The van der Waals surface area contributed by atoms with Crippen molar-refractivity contribution >= 4 is 41.3 Å². The minimum atomic E-state index is 0. The lowest BCUT2D eigenvalue weighted by atomic mass is 10.1. The summed E-state index contributed by atoms with van der Waals surface area (Å²) in [6.07, 6.45) is 0. The maximum atomic E-state index is 5.76. The van der Waals surface area contributed by atoms with E-state index in [2.05, 4.69) is 12.1 Å². The maximum Gasteiger partial charge on any atom is 0.0393 e. The van der Waals surface area contributed by atoms with Crippen molar-refractivity contribution in [3.63, 3.8) is 0 Å². The van der Waals surface area contributed by atoms with E-state index >= 15 is 0 Å². The standard InChI is InChI=1S/C10H9N.2ClH/c11-10-7-3-5-8-4-1-2-6-9(8)10;;/h1-7H,11H2;2*1H. The van der Waals surface area contributed by atoms with Crippen LogP contribution in [0.2, 0.25) is 0 Å². The van der Waals surface area contributed by atoms with E-state index in [1.165, 1.54) is 5.39 Å². The molecule has 0 aliphatic heterocycles. The number of nitrogen functional groups attached to an aromatic ring is 1. The molecule has 0 saturated heterocycles. The number of anilines is 1. The molecule has 0 spiro atoms. The lowest BCUT2D eigenvalue weighted by Crippen LogP contribution is -1.84. The molecule has 0 aromatic heterocycles. The first kappa shape index (κ1) is 12.1. The summed E-state index contributed by atoms with van der Waals surface area (Å²) in [5, 5.41) is 2.34. The lowest BCUT2D eigenvalue weighted by molar-refractivity contribution is 1.73. The molecular weight excluding hydrogens is 205 g/mol. The zero-order valence-corrected chi connectivity index (χ0v) is 8.57. The third-order valence-electron chi connectivity index (χ3n) is 1.82. The van der Waals surface area contributed by atoms with Crippen LogP contribution in [0.1, 0.15) is 0 Å². The molecule has 70 valence electrons. The molecule has 0 atom stereocenters. The first-order chi connectivity index (χ1) is 5.38. The van der Waals surface area contributed by atoms with Crippen molar-refractivity contribution in [2.24, 2.45) is 0 Å². The highest BCUT2D eigenvalue weighted by Crippen LogP contribution is 2.19.